The Morgan fingerprint density at radius 2 is 2.05 bits per heavy atom. The smallest absolute Gasteiger partial charge is 0.256 e. The lowest BCUT2D eigenvalue weighted by molar-refractivity contribution is 0.1000. The van der Waals surface area contributed by atoms with Crippen LogP contribution in [0.5, 0.6) is 0 Å². The van der Waals surface area contributed by atoms with Crippen LogP contribution in [0.25, 0.3) is 11.0 Å². The first-order valence-corrected chi connectivity index (χ1v) is 7.76. The first-order chi connectivity index (χ1) is 9.68. The van der Waals surface area contributed by atoms with E-state index in [1.807, 2.05) is 0 Å². The number of anilines is 1. The number of carbonyl (C=O) groups is 1. The Bertz CT molecular complexity index is 916. The fourth-order valence-corrected chi connectivity index (χ4v) is 2.46. The van der Waals surface area contributed by atoms with Gasteiger partial charge >= 0.3 is 0 Å². The van der Waals surface area contributed by atoms with Gasteiger partial charge in [-0.15, -0.1) is 0 Å². The largest absolute Gasteiger partial charge is 0.384 e. The zero-order valence-corrected chi connectivity index (χ0v) is 12.1. The highest BCUT2D eigenvalue weighted by Gasteiger charge is 2.21. The molecule has 0 bridgehead atoms. The van der Waals surface area contributed by atoms with Crippen molar-refractivity contribution in [1.29, 1.82) is 0 Å². The number of carbonyl (C=O) groups excluding carboxylic acids is 1. The van der Waals surface area contributed by atoms with Gasteiger partial charge in [-0.3, -0.25) is 9.59 Å². The lowest BCUT2D eigenvalue weighted by Gasteiger charge is -2.14. The lowest BCUT2D eigenvalue weighted by atomic mass is 10.2. The van der Waals surface area contributed by atoms with Crippen molar-refractivity contribution in [2.24, 2.45) is 5.73 Å². The molecule has 0 atom stereocenters. The fraction of sp³-hybridized carbons (Fsp3) is 0.273. The number of aryl methyl sites for hydroxylation is 1. The molecule has 0 saturated heterocycles. The van der Waals surface area contributed by atoms with Gasteiger partial charge in [-0.1, -0.05) is 0 Å². The van der Waals surface area contributed by atoms with Crippen LogP contribution in [0, 0.1) is 0 Å². The van der Waals surface area contributed by atoms with Crippen molar-refractivity contribution in [3.63, 3.8) is 0 Å². The summed E-state index contributed by atoms with van der Waals surface area (Å²) in [4.78, 5) is 31.1. The minimum absolute atomic E-state index is 0.0211. The Morgan fingerprint density at radius 3 is 2.52 bits per heavy atom. The van der Waals surface area contributed by atoms with Crippen LogP contribution in [0.4, 0.5) is 5.82 Å². The Hall–Kier alpha value is -2.49. The van der Waals surface area contributed by atoms with Gasteiger partial charge in [-0.25, -0.2) is 13.4 Å². The Kier molecular flexibility index (Phi) is 3.41. The summed E-state index contributed by atoms with van der Waals surface area (Å²) in [6.45, 7) is 1.97. The van der Waals surface area contributed by atoms with Crippen molar-refractivity contribution in [2.75, 3.05) is 12.0 Å². The molecule has 1 amide bonds. The lowest BCUT2D eigenvalue weighted by Crippen LogP contribution is -2.28. The quantitative estimate of drug-likeness (QED) is 0.682. The molecular formula is C11H13N5O4S. The predicted molar refractivity (Wildman–Crippen MR) is 75.5 cm³/mol. The predicted octanol–water partition coefficient (Wildman–Crippen LogP) is -1.10. The minimum Gasteiger partial charge on any atom is -0.384 e. The number of sulfone groups is 1. The molecule has 0 aliphatic rings. The van der Waals surface area contributed by atoms with Gasteiger partial charge < -0.3 is 16.0 Å². The molecule has 0 unspecified atom stereocenters. The van der Waals surface area contributed by atoms with E-state index in [4.69, 9.17) is 11.5 Å². The van der Waals surface area contributed by atoms with Crippen molar-refractivity contribution in [1.82, 2.24) is 14.5 Å². The first kappa shape index (κ1) is 14.9. The molecule has 0 spiro atoms. The summed E-state index contributed by atoms with van der Waals surface area (Å²) in [6, 6.07) is 0. The van der Waals surface area contributed by atoms with Crippen LogP contribution in [-0.2, 0) is 16.4 Å². The van der Waals surface area contributed by atoms with Crippen molar-refractivity contribution < 1.29 is 13.2 Å². The van der Waals surface area contributed by atoms with Gasteiger partial charge in [-0.05, 0) is 6.92 Å². The van der Waals surface area contributed by atoms with Gasteiger partial charge in [-0.2, -0.15) is 4.98 Å². The van der Waals surface area contributed by atoms with Crippen LogP contribution >= 0.6 is 0 Å². The summed E-state index contributed by atoms with van der Waals surface area (Å²) in [5, 5.41) is -0.449. The number of hydrogen-bond acceptors (Lipinski definition) is 7. The van der Waals surface area contributed by atoms with Crippen molar-refractivity contribution in [2.45, 2.75) is 18.6 Å². The second-order valence-corrected chi connectivity index (χ2v) is 6.27. The van der Waals surface area contributed by atoms with Gasteiger partial charge in [0, 0.05) is 19.0 Å². The van der Waals surface area contributed by atoms with Crippen LogP contribution in [0.2, 0.25) is 0 Å². The topological polar surface area (TPSA) is 151 Å². The third kappa shape index (κ3) is 2.33. The molecule has 0 aliphatic heterocycles. The number of nitrogens with zero attached hydrogens (tertiary/aromatic N) is 3. The van der Waals surface area contributed by atoms with Gasteiger partial charge in [0.15, 0.2) is 0 Å². The Labute approximate surface area is 119 Å². The van der Waals surface area contributed by atoms with Crippen molar-refractivity contribution in [3.05, 3.63) is 22.0 Å². The van der Waals surface area contributed by atoms with E-state index in [0.717, 1.165) is 12.5 Å². The maximum Gasteiger partial charge on any atom is 0.256 e. The average Bonchev–Trinajstić information content (AvgIpc) is 2.37. The highest BCUT2D eigenvalue weighted by molar-refractivity contribution is 7.90. The van der Waals surface area contributed by atoms with Crippen molar-refractivity contribution >= 4 is 32.6 Å². The van der Waals surface area contributed by atoms with Crippen LogP contribution in [-0.4, -0.2) is 35.1 Å². The monoisotopic (exact) mass is 311 g/mol. The molecule has 2 rings (SSSR count). The summed E-state index contributed by atoms with van der Waals surface area (Å²) in [5.74, 6) is -1.12. The highest BCUT2D eigenvalue weighted by atomic mass is 32.2. The maximum atomic E-state index is 12.2. The summed E-state index contributed by atoms with van der Waals surface area (Å²) in [6.07, 6.45) is 2.00. The number of rotatable bonds is 3. The SMILES string of the molecule is CCn1c(N)c(C(N)=O)c(=O)c2cnc(S(C)(=O)=O)nc21. The van der Waals surface area contributed by atoms with Crippen LogP contribution in [0.3, 0.4) is 0 Å². The number of nitrogens with two attached hydrogens (primary N) is 2. The molecule has 2 aromatic rings. The molecule has 0 aliphatic carbocycles. The maximum absolute atomic E-state index is 12.2. The average molecular weight is 311 g/mol. The summed E-state index contributed by atoms with van der Waals surface area (Å²) in [7, 11) is -3.64. The molecule has 21 heavy (non-hydrogen) atoms. The van der Waals surface area contributed by atoms with Gasteiger partial charge in [0.1, 0.15) is 17.0 Å². The number of amides is 1. The number of nitrogen functional groups attached to an aromatic ring is 1. The molecule has 0 fully saturated rings. The zero-order valence-electron chi connectivity index (χ0n) is 11.3. The third-order valence-corrected chi connectivity index (χ3v) is 3.78. The van der Waals surface area contributed by atoms with Crippen LogP contribution in [0.15, 0.2) is 16.1 Å². The molecule has 9 nitrogen and oxygen atoms in total. The molecule has 112 valence electrons. The molecule has 4 N–H and O–H groups in total. The van der Waals surface area contributed by atoms with E-state index >= 15 is 0 Å². The minimum atomic E-state index is -3.64. The Balaban J connectivity index is 3.04. The summed E-state index contributed by atoms with van der Waals surface area (Å²) in [5.41, 5.74) is 9.89. The van der Waals surface area contributed by atoms with E-state index in [2.05, 4.69) is 9.97 Å². The highest BCUT2D eigenvalue weighted by Crippen LogP contribution is 2.17. The van der Waals surface area contributed by atoms with Crippen molar-refractivity contribution in [3.8, 4) is 0 Å². The number of pyridine rings is 1. The normalized spacial score (nSPS) is 11.7. The van der Waals surface area contributed by atoms with Gasteiger partial charge in [0.05, 0.1) is 5.39 Å². The number of fused-ring (bicyclic) bond motifs is 1. The van der Waals surface area contributed by atoms with E-state index in [-0.39, 0.29) is 29.0 Å². The molecule has 0 aromatic carbocycles. The zero-order chi connectivity index (χ0) is 15.9. The molecule has 2 aromatic heterocycles. The molecule has 2 heterocycles. The third-order valence-electron chi connectivity index (χ3n) is 2.92. The molecule has 0 saturated carbocycles. The van der Waals surface area contributed by atoms with Gasteiger partial charge in [0.2, 0.25) is 20.4 Å². The van der Waals surface area contributed by atoms with E-state index in [1.165, 1.54) is 4.57 Å². The van der Waals surface area contributed by atoms with E-state index in [1.54, 1.807) is 6.92 Å². The number of primary amides is 1. The van der Waals surface area contributed by atoms with Crippen LogP contribution < -0.4 is 16.9 Å². The second kappa shape index (κ2) is 4.81. The summed E-state index contributed by atoms with van der Waals surface area (Å²) < 4.78 is 24.3. The molecule has 10 heteroatoms. The van der Waals surface area contributed by atoms with E-state index < -0.39 is 26.3 Å². The summed E-state index contributed by atoms with van der Waals surface area (Å²) >= 11 is 0. The number of hydrogen-bond donors (Lipinski definition) is 2. The molecule has 0 radical (unpaired) electrons. The van der Waals surface area contributed by atoms with E-state index in [9.17, 15) is 18.0 Å². The number of aromatic nitrogens is 3. The first-order valence-electron chi connectivity index (χ1n) is 5.87. The fourth-order valence-electron chi connectivity index (χ4n) is 1.96. The standard InChI is InChI=1S/C11H13N5O4S/c1-3-16-8(12)6(9(13)18)7(17)5-4-14-11(15-10(5)16)21(2,19)20/h4H,3,12H2,1-2H3,(H2,13,18). The van der Waals surface area contributed by atoms with Crippen LogP contribution in [0.1, 0.15) is 17.3 Å². The van der Waals surface area contributed by atoms with E-state index in [0.29, 0.717) is 0 Å². The molecular weight excluding hydrogens is 298 g/mol. The van der Waals surface area contributed by atoms with Gasteiger partial charge in [0.25, 0.3) is 5.91 Å². The second-order valence-electron chi connectivity index (χ2n) is 4.36. The Morgan fingerprint density at radius 1 is 1.43 bits per heavy atom.